The molecule has 0 bridgehead atoms. The molecular weight excluding hydrogens is 402 g/mol. The fraction of sp³-hybridized carbons (Fsp3) is 0.0952. The predicted molar refractivity (Wildman–Crippen MR) is 116 cm³/mol. The molecule has 0 saturated carbocycles. The predicted octanol–water partition coefficient (Wildman–Crippen LogP) is 3.89. The van der Waals surface area contributed by atoms with Crippen LogP contribution in [0.3, 0.4) is 0 Å². The summed E-state index contributed by atoms with van der Waals surface area (Å²) in [5, 5.41) is 4.23. The lowest BCUT2D eigenvalue weighted by Crippen LogP contribution is -2.14. The van der Waals surface area contributed by atoms with Crippen LogP contribution < -0.4 is 14.8 Å². The van der Waals surface area contributed by atoms with E-state index in [4.69, 9.17) is 4.74 Å². The monoisotopic (exact) mass is 421 g/mol. The minimum atomic E-state index is -3.78. The van der Waals surface area contributed by atoms with E-state index in [1.54, 1.807) is 25.3 Å². The molecule has 0 atom stereocenters. The molecule has 0 spiro atoms. The third kappa shape index (κ3) is 4.01. The molecule has 9 heteroatoms. The van der Waals surface area contributed by atoms with Crippen molar-refractivity contribution in [3.8, 4) is 5.75 Å². The molecule has 4 rings (SSSR count). The van der Waals surface area contributed by atoms with Crippen LogP contribution in [0.15, 0.2) is 71.9 Å². The van der Waals surface area contributed by atoms with Crippen LogP contribution >= 0.6 is 0 Å². The number of ether oxygens (including phenoxy) is 1. The van der Waals surface area contributed by atoms with Gasteiger partial charge in [0.2, 0.25) is 5.95 Å². The number of pyridine rings is 1. The Morgan fingerprint density at radius 3 is 2.40 bits per heavy atom. The number of para-hydroxylation sites is 1. The highest BCUT2D eigenvalue weighted by Gasteiger charge is 2.15. The summed E-state index contributed by atoms with van der Waals surface area (Å²) >= 11 is 0. The first-order valence-corrected chi connectivity index (χ1v) is 10.6. The smallest absolute Gasteiger partial charge is 0.264 e. The minimum absolute atomic E-state index is 0.0207. The second kappa shape index (κ2) is 7.96. The minimum Gasteiger partial charge on any atom is -0.494 e. The average Bonchev–Trinajstić information content (AvgIpc) is 2.74. The highest BCUT2D eigenvalue weighted by molar-refractivity contribution is 7.92. The summed E-state index contributed by atoms with van der Waals surface area (Å²) in [7, 11) is -2.17. The fourth-order valence-electron chi connectivity index (χ4n) is 3.02. The number of rotatable bonds is 6. The zero-order chi connectivity index (χ0) is 21.1. The van der Waals surface area contributed by atoms with E-state index in [-0.39, 0.29) is 10.8 Å². The molecule has 152 valence electrons. The van der Waals surface area contributed by atoms with Gasteiger partial charge in [-0.05, 0) is 49.4 Å². The first-order chi connectivity index (χ1) is 14.5. The zero-order valence-corrected chi connectivity index (χ0v) is 17.1. The number of anilines is 3. The molecule has 0 saturated heterocycles. The maximum Gasteiger partial charge on any atom is 0.264 e. The van der Waals surface area contributed by atoms with Crippen LogP contribution in [0, 0.1) is 6.92 Å². The van der Waals surface area contributed by atoms with E-state index in [1.807, 2.05) is 31.2 Å². The van der Waals surface area contributed by atoms with Crippen LogP contribution in [-0.2, 0) is 10.0 Å². The van der Waals surface area contributed by atoms with Gasteiger partial charge in [-0.3, -0.25) is 0 Å². The van der Waals surface area contributed by atoms with Crippen LogP contribution in [0.4, 0.5) is 17.3 Å². The van der Waals surface area contributed by atoms with Gasteiger partial charge in [0.1, 0.15) is 11.3 Å². The number of fused-ring (bicyclic) bond motifs is 1. The summed E-state index contributed by atoms with van der Waals surface area (Å²) in [6.45, 7) is 1.91. The Morgan fingerprint density at radius 1 is 0.967 bits per heavy atom. The van der Waals surface area contributed by atoms with E-state index in [1.165, 1.54) is 24.5 Å². The largest absolute Gasteiger partial charge is 0.494 e. The van der Waals surface area contributed by atoms with Crippen molar-refractivity contribution in [2.75, 3.05) is 17.1 Å². The second-order valence-electron chi connectivity index (χ2n) is 6.49. The lowest BCUT2D eigenvalue weighted by Gasteiger charge is -2.13. The van der Waals surface area contributed by atoms with Crippen molar-refractivity contribution in [2.24, 2.45) is 0 Å². The van der Waals surface area contributed by atoms with E-state index in [2.05, 4.69) is 25.0 Å². The number of sulfonamides is 1. The summed E-state index contributed by atoms with van der Waals surface area (Å²) in [6, 6.07) is 15.7. The van der Waals surface area contributed by atoms with Gasteiger partial charge in [0.05, 0.1) is 12.0 Å². The molecule has 2 aromatic carbocycles. The summed E-state index contributed by atoms with van der Waals surface area (Å²) in [5.74, 6) is 0.710. The SMILES string of the molecule is COc1cccc2c(Nc3ccc(S(=O)(=O)Nc4ncccn4)cc3)cc(C)nc12. The molecule has 0 aliphatic heterocycles. The van der Waals surface area contributed by atoms with Gasteiger partial charge in [0.15, 0.2) is 0 Å². The summed E-state index contributed by atoms with van der Waals surface area (Å²) in [6.07, 6.45) is 2.93. The third-order valence-electron chi connectivity index (χ3n) is 4.39. The van der Waals surface area contributed by atoms with E-state index in [0.29, 0.717) is 5.75 Å². The van der Waals surface area contributed by atoms with Crippen LogP contribution in [0.5, 0.6) is 5.75 Å². The van der Waals surface area contributed by atoms with Crippen LogP contribution in [0.25, 0.3) is 10.9 Å². The molecular formula is C21H19N5O3S. The van der Waals surface area contributed by atoms with Crippen molar-refractivity contribution in [2.45, 2.75) is 11.8 Å². The van der Waals surface area contributed by atoms with Gasteiger partial charge in [0, 0.05) is 34.8 Å². The third-order valence-corrected chi connectivity index (χ3v) is 5.73. The Morgan fingerprint density at radius 2 is 1.70 bits per heavy atom. The summed E-state index contributed by atoms with van der Waals surface area (Å²) in [5.41, 5.74) is 3.18. The number of benzene rings is 2. The first kappa shape index (κ1) is 19.6. The molecule has 30 heavy (non-hydrogen) atoms. The molecule has 0 amide bonds. The summed E-state index contributed by atoms with van der Waals surface area (Å²) in [4.78, 5) is 12.4. The van der Waals surface area contributed by atoms with E-state index < -0.39 is 10.0 Å². The maximum absolute atomic E-state index is 12.5. The van der Waals surface area contributed by atoms with Crippen molar-refractivity contribution in [3.05, 3.63) is 72.7 Å². The van der Waals surface area contributed by atoms with Gasteiger partial charge in [0.25, 0.3) is 10.0 Å². The van der Waals surface area contributed by atoms with Gasteiger partial charge in [-0.1, -0.05) is 12.1 Å². The topological polar surface area (TPSA) is 106 Å². The second-order valence-corrected chi connectivity index (χ2v) is 8.18. The number of aromatic nitrogens is 3. The normalized spacial score (nSPS) is 11.3. The molecule has 0 aliphatic rings. The Hall–Kier alpha value is -3.72. The molecule has 0 unspecified atom stereocenters. The Bertz CT molecular complexity index is 1290. The van der Waals surface area contributed by atoms with Gasteiger partial charge in [-0.2, -0.15) is 0 Å². The molecule has 0 aliphatic carbocycles. The van der Waals surface area contributed by atoms with Crippen molar-refractivity contribution in [3.63, 3.8) is 0 Å². The van der Waals surface area contributed by atoms with E-state index in [0.717, 1.165) is 28.0 Å². The molecule has 2 N–H and O–H groups in total. The molecule has 2 aromatic heterocycles. The number of nitrogens with zero attached hydrogens (tertiary/aromatic N) is 3. The van der Waals surface area contributed by atoms with Crippen molar-refractivity contribution in [1.82, 2.24) is 15.0 Å². The van der Waals surface area contributed by atoms with E-state index in [9.17, 15) is 8.42 Å². The number of nitrogens with one attached hydrogen (secondary N) is 2. The van der Waals surface area contributed by atoms with E-state index >= 15 is 0 Å². The van der Waals surface area contributed by atoms with Gasteiger partial charge < -0.3 is 10.1 Å². The summed E-state index contributed by atoms with van der Waals surface area (Å²) < 4.78 is 32.8. The lowest BCUT2D eigenvalue weighted by atomic mass is 10.1. The molecule has 0 radical (unpaired) electrons. The number of hydrogen-bond acceptors (Lipinski definition) is 7. The molecule has 8 nitrogen and oxygen atoms in total. The number of aryl methyl sites for hydroxylation is 1. The average molecular weight is 421 g/mol. The fourth-order valence-corrected chi connectivity index (χ4v) is 3.98. The molecule has 4 aromatic rings. The quantitative estimate of drug-likeness (QED) is 0.486. The number of hydrogen-bond donors (Lipinski definition) is 2. The number of methoxy groups -OCH3 is 1. The van der Waals surface area contributed by atoms with Gasteiger partial charge >= 0.3 is 0 Å². The van der Waals surface area contributed by atoms with Crippen LogP contribution in [0.1, 0.15) is 5.69 Å². The van der Waals surface area contributed by atoms with Gasteiger partial charge in [-0.15, -0.1) is 0 Å². The first-order valence-electron chi connectivity index (χ1n) is 9.07. The molecule has 2 heterocycles. The van der Waals surface area contributed by atoms with Crippen LogP contribution in [-0.4, -0.2) is 30.5 Å². The standard InChI is InChI=1S/C21H19N5O3S/c1-14-13-18(17-5-3-6-19(29-2)20(17)24-14)25-15-7-9-16(10-8-15)30(27,28)26-21-22-11-4-12-23-21/h3-13H,1-2H3,(H,24,25)(H,22,23,26). The molecule has 0 fully saturated rings. The van der Waals surface area contributed by atoms with Crippen LogP contribution in [0.2, 0.25) is 0 Å². The highest BCUT2D eigenvalue weighted by atomic mass is 32.2. The maximum atomic E-state index is 12.5. The highest BCUT2D eigenvalue weighted by Crippen LogP contribution is 2.32. The van der Waals surface area contributed by atoms with Crippen molar-refractivity contribution >= 4 is 38.2 Å². The van der Waals surface area contributed by atoms with Crippen molar-refractivity contribution < 1.29 is 13.2 Å². The Kier molecular flexibility index (Phi) is 5.20. The van der Waals surface area contributed by atoms with Crippen molar-refractivity contribution in [1.29, 1.82) is 0 Å². The lowest BCUT2D eigenvalue weighted by molar-refractivity contribution is 0.419. The Balaban J connectivity index is 1.61. The zero-order valence-electron chi connectivity index (χ0n) is 16.3. The van der Waals surface area contributed by atoms with Gasteiger partial charge in [-0.25, -0.2) is 28.1 Å². The Labute approximate surface area is 174 Å².